The number of anilines is 2. The van der Waals surface area contributed by atoms with Gasteiger partial charge in [-0.05, 0) is 76.7 Å². The van der Waals surface area contributed by atoms with Crippen molar-refractivity contribution in [1.29, 1.82) is 0 Å². The highest BCUT2D eigenvalue weighted by Crippen LogP contribution is 2.24. The Morgan fingerprint density at radius 3 is 2.00 bits per heavy atom. The Balaban J connectivity index is 1.14. The third-order valence-electron chi connectivity index (χ3n) is 6.91. The largest absolute Gasteiger partial charge is 0.356 e. The molecule has 3 fully saturated rings. The van der Waals surface area contributed by atoms with Crippen LogP contribution >= 0.6 is 0 Å². The highest BCUT2D eigenvalue weighted by molar-refractivity contribution is 5.78. The predicted octanol–water partition coefficient (Wildman–Crippen LogP) is 2.68. The normalized spacial score (nSPS) is 21.6. The second kappa shape index (κ2) is 10.9. The lowest BCUT2D eigenvalue weighted by molar-refractivity contribution is -0.125. The fourth-order valence-electron chi connectivity index (χ4n) is 4.99. The summed E-state index contributed by atoms with van der Waals surface area (Å²) in [6.45, 7) is 8.32. The molecule has 7 nitrogen and oxygen atoms in total. The van der Waals surface area contributed by atoms with Gasteiger partial charge in [-0.25, -0.2) is 0 Å². The quantitative estimate of drug-likeness (QED) is 0.692. The standard InChI is InChI=1S/C23H38N6O/c30-23(24-12-7-15-27-13-3-1-2-4-14-27)20-10-18-29(19-11-20)22-9-8-21(25-26-22)28-16-5-6-17-28/h8-9,20H,1-7,10-19H2,(H,24,30). The molecule has 0 unspecified atom stereocenters. The molecular formula is C23H38N6O. The van der Waals surface area contributed by atoms with Crippen molar-refractivity contribution in [2.75, 3.05) is 62.2 Å². The Morgan fingerprint density at radius 1 is 0.833 bits per heavy atom. The molecule has 1 N–H and O–H groups in total. The van der Waals surface area contributed by atoms with E-state index < -0.39 is 0 Å². The third kappa shape index (κ3) is 5.84. The van der Waals surface area contributed by atoms with Crippen LogP contribution in [0.15, 0.2) is 12.1 Å². The Hall–Kier alpha value is -1.89. The van der Waals surface area contributed by atoms with Crippen molar-refractivity contribution in [2.24, 2.45) is 5.92 Å². The van der Waals surface area contributed by atoms with Crippen molar-refractivity contribution in [3.05, 3.63) is 12.1 Å². The summed E-state index contributed by atoms with van der Waals surface area (Å²) >= 11 is 0. The summed E-state index contributed by atoms with van der Waals surface area (Å²) in [7, 11) is 0. The van der Waals surface area contributed by atoms with Crippen molar-refractivity contribution >= 4 is 17.5 Å². The Kier molecular flexibility index (Phi) is 7.78. The van der Waals surface area contributed by atoms with Crippen LogP contribution in [0, 0.1) is 5.92 Å². The van der Waals surface area contributed by atoms with Gasteiger partial charge in [-0.2, -0.15) is 0 Å². The van der Waals surface area contributed by atoms with Crippen LogP contribution in [0.1, 0.15) is 57.8 Å². The molecule has 4 rings (SSSR count). The van der Waals surface area contributed by atoms with Crippen molar-refractivity contribution in [3.63, 3.8) is 0 Å². The van der Waals surface area contributed by atoms with E-state index >= 15 is 0 Å². The van der Waals surface area contributed by atoms with Crippen molar-refractivity contribution < 1.29 is 4.79 Å². The molecule has 4 heterocycles. The lowest BCUT2D eigenvalue weighted by atomic mass is 9.96. The van der Waals surface area contributed by atoms with Crippen LogP contribution in [-0.2, 0) is 4.79 Å². The van der Waals surface area contributed by atoms with Crippen molar-refractivity contribution in [2.45, 2.75) is 57.8 Å². The minimum Gasteiger partial charge on any atom is -0.356 e. The number of carbonyl (C=O) groups is 1. The number of hydrogen-bond donors (Lipinski definition) is 1. The molecule has 3 saturated heterocycles. The highest BCUT2D eigenvalue weighted by atomic mass is 16.1. The highest BCUT2D eigenvalue weighted by Gasteiger charge is 2.26. The molecule has 0 spiro atoms. The predicted molar refractivity (Wildman–Crippen MR) is 121 cm³/mol. The molecule has 7 heteroatoms. The van der Waals surface area contributed by atoms with Crippen molar-refractivity contribution in [3.8, 4) is 0 Å². The number of carbonyl (C=O) groups excluding carboxylic acids is 1. The van der Waals surface area contributed by atoms with Crippen LogP contribution in [0.4, 0.5) is 11.6 Å². The second-order valence-corrected chi connectivity index (χ2v) is 9.11. The smallest absolute Gasteiger partial charge is 0.223 e. The zero-order valence-electron chi connectivity index (χ0n) is 18.4. The van der Waals surface area contributed by atoms with Gasteiger partial charge in [0.05, 0.1) is 0 Å². The van der Waals surface area contributed by atoms with Crippen LogP contribution in [0.25, 0.3) is 0 Å². The molecule has 1 amide bonds. The van der Waals surface area contributed by atoms with E-state index in [9.17, 15) is 4.79 Å². The maximum atomic E-state index is 12.6. The summed E-state index contributed by atoms with van der Waals surface area (Å²) in [6.07, 6.45) is 10.8. The van der Waals surface area contributed by atoms with Gasteiger partial charge < -0.3 is 20.0 Å². The Bertz CT molecular complexity index is 644. The van der Waals surface area contributed by atoms with E-state index in [1.807, 2.05) is 0 Å². The van der Waals surface area contributed by atoms with Crippen LogP contribution in [0.3, 0.4) is 0 Å². The van der Waals surface area contributed by atoms with E-state index in [-0.39, 0.29) is 11.8 Å². The first kappa shape index (κ1) is 21.3. The summed E-state index contributed by atoms with van der Waals surface area (Å²) in [5.74, 6) is 2.30. The molecular weight excluding hydrogens is 376 g/mol. The summed E-state index contributed by atoms with van der Waals surface area (Å²) in [5, 5.41) is 12.1. The number of likely N-dealkylation sites (tertiary alicyclic amines) is 1. The van der Waals surface area contributed by atoms with Gasteiger partial charge in [-0.1, -0.05) is 12.8 Å². The molecule has 30 heavy (non-hydrogen) atoms. The van der Waals surface area contributed by atoms with Gasteiger partial charge in [0.1, 0.15) is 0 Å². The summed E-state index contributed by atoms with van der Waals surface area (Å²) in [5.41, 5.74) is 0. The van der Waals surface area contributed by atoms with Gasteiger partial charge in [-0.15, -0.1) is 10.2 Å². The molecule has 3 aliphatic heterocycles. The fraction of sp³-hybridized carbons (Fsp3) is 0.783. The van der Waals surface area contributed by atoms with E-state index in [0.717, 1.165) is 70.2 Å². The summed E-state index contributed by atoms with van der Waals surface area (Å²) in [4.78, 5) is 19.7. The van der Waals surface area contributed by atoms with Gasteiger partial charge in [0.25, 0.3) is 0 Å². The lowest BCUT2D eigenvalue weighted by Gasteiger charge is -2.32. The average Bonchev–Trinajstić information content (AvgIpc) is 3.21. The maximum Gasteiger partial charge on any atom is 0.223 e. The number of aromatic nitrogens is 2. The number of hydrogen-bond acceptors (Lipinski definition) is 6. The topological polar surface area (TPSA) is 64.6 Å². The Morgan fingerprint density at radius 2 is 1.40 bits per heavy atom. The van der Waals surface area contributed by atoms with Crippen LogP contribution < -0.4 is 15.1 Å². The van der Waals surface area contributed by atoms with Gasteiger partial charge in [0, 0.05) is 38.6 Å². The summed E-state index contributed by atoms with van der Waals surface area (Å²) in [6, 6.07) is 4.18. The zero-order valence-corrected chi connectivity index (χ0v) is 18.4. The molecule has 3 aliphatic rings. The maximum absolute atomic E-state index is 12.6. The number of nitrogens with zero attached hydrogens (tertiary/aromatic N) is 5. The Labute approximate surface area is 181 Å². The molecule has 1 aromatic rings. The van der Waals surface area contributed by atoms with Gasteiger partial charge in [0.15, 0.2) is 11.6 Å². The summed E-state index contributed by atoms with van der Waals surface area (Å²) < 4.78 is 0. The van der Waals surface area contributed by atoms with Crippen LogP contribution in [-0.4, -0.2) is 73.4 Å². The van der Waals surface area contributed by atoms with Crippen LogP contribution in [0.5, 0.6) is 0 Å². The van der Waals surface area contributed by atoms with Gasteiger partial charge >= 0.3 is 0 Å². The first-order valence-corrected chi connectivity index (χ1v) is 12.1. The fourth-order valence-corrected chi connectivity index (χ4v) is 4.99. The molecule has 0 radical (unpaired) electrons. The van der Waals surface area contributed by atoms with E-state index in [1.54, 1.807) is 0 Å². The number of rotatable bonds is 7. The average molecular weight is 415 g/mol. The molecule has 0 saturated carbocycles. The number of amides is 1. The van der Waals surface area contributed by atoms with E-state index in [2.05, 4.69) is 42.3 Å². The third-order valence-corrected chi connectivity index (χ3v) is 6.91. The number of nitrogens with one attached hydrogen (secondary N) is 1. The molecule has 0 atom stereocenters. The SMILES string of the molecule is O=C(NCCCN1CCCCCC1)C1CCN(c2ccc(N3CCCC3)nn2)CC1. The minimum atomic E-state index is 0.135. The monoisotopic (exact) mass is 414 g/mol. The molecule has 166 valence electrons. The van der Waals surface area contributed by atoms with Crippen LogP contribution in [0.2, 0.25) is 0 Å². The van der Waals surface area contributed by atoms with Gasteiger partial charge in [-0.3, -0.25) is 4.79 Å². The first-order chi connectivity index (χ1) is 14.8. The van der Waals surface area contributed by atoms with Gasteiger partial charge in [0.2, 0.25) is 5.91 Å². The lowest BCUT2D eigenvalue weighted by Crippen LogP contribution is -2.41. The molecule has 0 aliphatic carbocycles. The second-order valence-electron chi connectivity index (χ2n) is 9.11. The van der Waals surface area contributed by atoms with E-state index in [1.165, 1.54) is 51.6 Å². The first-order valence-electron chi connectivity index (χ1n) is 12.1. The zero-order chi connectivity index (χ0) is 20.6. The molecule has 1 aromatic heterocycles. The molecule has 0 bridgehead atoms. The molecule has 0 aromatic carbocycles. The van der Waals surface area contributed by atoms with E-state index in [4.69, 9.17) is 0 Å². The van der Waals surface area contributed by atoms with Crippen molar-refractivity contribution in [1.82, 2.24) is 20.4 Å². The van der Waals surface area contributed by atoms with E-state index in [0.29, 0.717) is 0 Å². The number of piperidine rings is 1. The minimum absolute atomic E-state index is 0.135.